The summed E-state index contributed by atoms with van der Waals surface area (Å²) >= 11 is 11.9. The number of nitrogens with zero attached hydrogens (tertiary/aromatic N) is 3. The summed E-state index contributed by atoms with van der Waals surface area (Å²) in [6, 6.07) is 0. The Kier molecular flexibility index (Phi) is 9.22. The number of hydrogen-bond acceptors (Lipinski definition) is 11. The maximum absolute atomic E-state index is 11.9. The molecule has 0 spiro atoms. The molecule has 1 saturated heterocycles. The minimum absolute atomic E-state index is 0.00662. The Balaban J connectivity index is 2.60. The van der Waals surface area contributed by atoms with Crippen LogP contribution in [0, 0.1) is 0 Å². The summed E-state index contributed by atoms with van der Waals surface area (Å²) < 4.78 is 28.4. The van der Waals surface area contributed by atoms with Crippen LogP contribution >= 0.6 is 23.2 Å². The summed E-state index contributed by atoms with van der Waals surface area (Å²) in [4.78, 5) is 46.9. The van der Waals surface area contributed by atoms with E-state index in [9.17, 15) is 19.2 Å². The van der Waals surface area contributed by atoms with E-state index in [-0.39, 0.29) is 18.4 Å². The number of esters is 4. The fourth-order valence-electron chi connectivity index (χ4n) is 3.20. The molecule has 0 aromatic carbocycles. The highest BCUT2D eigenvalue weighted by Gasteiger charge is 2.53. The van der Waals surface area contributed by atoms with Crippen molar-refractivity contribution in [1.29, 1.82) is 0 Å². The van der Waals surface area contributed by atoms with Crippen LogP contribution in [0.25, 0.3) is 0 Å². The second kappa shape index (κ2) is 11.4. The lowest BCUT2D eigenvalue weighted by molar-refractivity contribution is -0.270. The summed E-state index contributed by atoms with van der Waals surface area (Å²) in [5, 5.41) is 7.94. The fourth-order valence-corrected chi connectivity index (χ4v) is 3.68. The Morgan fingerprint density at radius 1 is 0.875 bits per heavy atom. The number of ether oxygens (including phenoxy) is 5. The summed E-state index contributed by atoms with van der Waals surface area (Å²) in [6.07, 6.45) is -6.26. The second-order valence-corrected chi connectivity index (χ2v) is 7.32. The van der Waals surface area contributed by atoms with Crippen molar-refractivity contribution in [3.8, 4) is 0 Å². The summed E-state index contributed by atoms with van der Waals surface area (Å²) in [5.74, 6) is -2.89. The third kappa shape index (κ3) is 6.30. The zero-order valence-electron chi connectivity index (χ0n) is 17.8. The Morgan fingerprint density at radius 2 is 1.44 bits per heavy atom. The molecule has 0 aliphatic carbocycles. The van der Waals surface area contributed by atoms with Crippen molar-refractivity contribution >= 4 is 47.1 Å². The van der Waals surface area contributed by atoms with E-state index in [2.05, 4.69) is 10.3 Å². The van der Waals surface area contributed by atoms with Gasteiger partial charge in [-0.15, -0.1) is 28.3 Å². The van der Waals surface area contributed by atoms with Gasteiger partial charge >= 0.3 is 23.9 Å². The SMILES string of the molecule is CC(=O)OC[C@H]1O[C@@H](n2nnc(CCl)c2CCl)[C@H](OC(C)=O)[C@@H](OC(C)=O)[C@@H]1OC(C)=O. The van der Waals surface area contributed by atoms with Gasteiger partial charge in [-0.3, -0.25) is 19.2 Å². The number of hydrogen-bond donors (Lipinski definition) is 0. The van der Waals surface area contributed by atoms with E-state index in [1.54, 1.807) is 0 Å². The number of carbonyl (C=O) groups excluding carboxylic acids is 4. The Labute approximate surface area is 193 Å². The van der Waals surface area contributed by atoms with Gasteiger partial charge in [0.15, 0.2) is 24.5 Å². The zero-order valence-corrected chi connectivity index (χ0v) is 19.3. The van der Waals surface area contributed by atoms with E-state index >= 15 is 0 Å². The van der Waals surface area contributed by atoms with Crippen molar-refractivity contribution in [3.05, 3.63) is 11.4 Å². The monoisotopic (exact) mass is 495 g/mol. The molecule has 1 aliphatic rings. The largest absolute Gasteiger partial charge is 0.463 e. The average Bonchev–Trinajstić information content (AvgIpc) is 3.11. The molecule has 2 heterocycles. The smallest absolute Gasteiger partial charge is 0.303 e. The van der Waals surface area contributed by atoms with E-state index < -0.39 is 54.5 Å². The molecule has 1 aliphatic heterocycles. The van der Waals surface area contributed by atoms with Crippen LogP contribution < -0.4 is 0 Å². The quantitative estimate of drug-likeness (QED) is 0.289. The topological polar surface area (TPSA) is 145 Å². The molecule has 0 amide bonds. The second-order valence-electron chi connectivity index (χ2n) is 6.78. The minimum Gasteiger partial charge on any atom is -0.463 e. The van der Waals surface area contributed by atoms with Crippen LogP contribution in [0.3, 0.4) is 0 Å². The highest BCUT2D eigenvalue weighted by Crippen LogP contribution is 2.35. The predicted molar refractivity (Wildman–Crippen MR) is 106 cm³/mol. The van der Waals surface area contributed by atoms with Gasteiger partial charge in [-0.25, -0.2) is 4.68 Å². The molecule has 0 radical (unpaired) electrons. The lowest BCUT2D eigenvalue weighted by atomic mass is 9.97. The number of rotatable bonds is 8. The standard InChI is InChI=1S/C18H23Cl2N3O9/c1-8(24)28-7-14-15(29-9(2)25)16(30-10(3)26)17(31-11(4)27)18(32-14)23-13(6-20)12(5-19)21-22-23/h14-18H,5-7H2,1-4H3/t14-,15-,16+,17-,18-/m1/s1. The summed E-state index contributed by atoms with van der Waals surface area (Å²) in [7, 11) is 0. The first kappa shape index (κ1) is 25.8. The van der Waals surface area contributed by atoms with Crippen molar-refractivity contribution in [2.45, 2.75) is 70.1 Å². The first-order valence-electron chi connectivity index (χ1n) is 9.44. The molecule has 12 nitrogen and oxygen atoms in total. The van der Waals surface area contributed by atoms with Gasteiger partial charge in [-0.2, -0.15) is 0 Å². The van der Waals surface area contributed by atoms with Gasteiger partial charge < -0.3 is 23.7 Å². The molecular formula is C18H23Cl2N3O9. The van der Waals surface area contributed by atoms with Gasteiger partial charge in [0, 0.05) is 27.7 Å². The lowest BCUT2D eigenvalue weighted by Gasteiger charge is -2.44. The summed E-state index contributed by atoms with van der Waals surface area (Å²) in [6.45, 7) is 4.23. The van der Waals surface area contributed by atoms with Gasteiger partial charge in [-0.05, 0) is 0 Å². The maximum Gasteiger partial charge on any atom is 0.303 e. The van der Waals surface area contributed by atoms with Crippen molar-refractivity contribution in [3.63, 3.8) is 0 Å². The first-order chi connectivity index (χ1) is 15.1. The highest BCUT2D eigenvalue weighted by atomic mass is 35.5. The van der Waals surface area contributed by atoms with Gasteiger partial charge in [-0.1, -0.05) is 5.21 Å². The molecule has 5 atom stereocenters. The summed E-state index contributed by atoms with van der Waals surface area (Å²) in [5.41, 5.74) is 0.720. The molecule has 14 heteroatoms. The van der Waals surface area contributed by atoms with Gasteiger partial charge in [0.05, 0.1) is 17.5 Å². The number of carbonyl (C=O) groups is 4. The van der Waals surface area contributed by atoms with Crippen LogP contribution in [0.2, 0.25) is 0 Å². The molecule has 0 N–H and O–H groups in total. The Bertz CT molecular complexity index is 863. The molecular weight excluding hydrogens is 473 g/mol. The molecule has 0 bridgehead atoms. The van der Waals surface area contributed by atoms with E-state index in [0.717, 1.165) is 20.8 Å². The zero-order chi connectivity index (χ0) is 24.0. The van der Waals surface area contributed by atoms with Crippen molar-refractivity contribution in [2.75, 3.05) is 6.61 Å². The van der Waals surface area contributed by atoms with Crippen LogP contribution in [0.5, 0.6) is 0 Å². The van der Waals surface area contributed by atoms with E-state index in [1.165, 1.54) is 11.6 Å². The Morgan fingerprint density at radius 3 is 1.94 bits per heavy atom. The minimum atomic E-state index is -1.33. The number of aromatic nitrogens is 3. The third-order valence-corrected chi connectivity index (χ3v) is 4.84. The van der Waals surface area contributed by atoms with Crippen LogP contribution in [0.4, 0.5) is 0 Å². The molecule has 1 aromatic rings. The van der Waals surface area contributed by atoms with Gasteiger partial charge in [0.25, 0.3) is 0 Å². The van der Waals surface area contributed by atoms with Crippen molar-refractivity contribution in [1.82, 2.24) is 15.0 Å². The van der Waals surface area contributed by atoms with Crippen LogP contribution in [0.1, 0.15) is 45.3 Å². The Hall–Kier alpha value is -2.44. The van der Waals surface area contributed by atoms with E-state index in [1.807, 2.05) is 0 Å². The van der Waals surface area contributed by atoms with Crippen molar-refractivity contribution < 1.29 is 42.9 Å². The molecule has 0 unspecified atom stereocenters. The van der Waals surface area contributed by atoms with Gasteiger partial charge in [0.1, 0.15) is 18.4 Å². The maximum atomic E-state index is 11.9. The van der Waals surface area contributed by atoms with Crippen LogP contribution in [-0.4, -0.2) is 69.9 Å². The molecule has 2 rings (SSSR count). The van der Waals surface area contributed by atoms with Crippen LogP contribution in [-0.2, 0) is 54.6 Å². The fraction of sp³-hybridized carbons (Fsp3) is 0.667. The molecule has 1 fully saturated rings. The van der Waals surface area contributed by atoms with Gasteiger partial charge in [0.2, 0.25) is 0 Å². The predicted octanol–water partition coefficient (Wildman–Crippen LogP) is 1.01. The normalized spacial score (nSPS) is 25.0. The average molecular weight is 496 g/mol. The van der Waals surface area contributed by atoms with Crippen LogP contribution in [0.15, 0.2) is 0 Å². The van der Waals surface area contributed by atoms with E-state index in [0.29, 0.717) is 11.4 Å². The first-order valence-corrected chi connectivity index (χ1v) is 10.5. The number of halogens is 2. The molecule has 178 valence electrons. The van der Waals surface area contributed by atoms with E-state index in [4.69, 9.17) is 46.9 Å². The molecule has 1 aromatic heterocycles. The molecule has 32 heavy (non-hydrogen) atoms. The lowest BCUT2D eigenvalue weighted by Crippen LogP contribution is -2.60. The highest BCUT2D eigenvalue weighted by molar-refractivity contribution is 6.18. The third-order valence-electron chi connectivity index (χ3n) is 4.33. The van der Waals surface area contributed by atoms with Crippen molar-refractivity contribution in [2.24, 2.45) is 0 Å². The number of alkyl halides is 2. The molecule has 0 saturated carbocycles.